The molecule has 10 heteroatoms. The molecule has 9 nitrogen and oxygen atoms in total. The van der Waals surface area contributed by atoms with E-state index < -0.39 is 21.9 Å². The minimum absolute atomic E-state index is 0.0245. The molecule has 3 rings (SSSR count). The summed E-state index contributed by atoms with van der Waals surface area (Å²) in [5, 5.41) is 9.37. The average Bonchev–Trinajstić information content (AvgIpc) is 3.19. The summed E-state index contributed by atoms with van der Waals surface area (Å²) in [7, 11) is -2.63. The monoisotopic (exact) mass is 457 g/mol. The molecular formula is C22H23N3O6S. The van der Waals surface area contributed by atoms with Crippen LogP contribution >= 0.6 is 0 Å². The number of amides is 1. The highest BCUT2D eigenvalue weighted by atomic mass is 32.2. The van der Waals surface area contributed by atoms with Gasteiger partial charge in [0, 0.05) is 17.8 Å². The first-order valence-electron chi connectivity index (χ1n) is 9.68. The lowest BCUT2D eigenvalue weighted by atomic mass is 10.1. The predicted molar refractivity (Wildman–Crippen MR) is 119 cm³/mol. The fourth-order valence-electron chi connectivity index (χ4n) is 3.48. The Labute approximate surface area is 185 Å². The number of sulfonamides is 1. The molecule has 3 aromatic rings. The number of carboxylic acids is 1. The summed E-state index contributed by atoms with van der Waals surface area (Å²) < 4.78 is 35.6. The lowest BCUT2D eigenvalue weighted by Gasteiger charge is -2.15. The van der Waals surface area contributed by atoms with Crippen LogP contribution in [-0.4, -0.2) is 37.1 Å². The molecule has 0 radical (unpaired) electrons. The van der Waals surface area contributed by atoms with E-state index in [1.54, 1.807) is 41.8 Å². The van der Waals surface area contributed by atoms with E-state index in [0.717, 1.165) is 0 Å². The highest BCUT2D eigenvalue weighted by molar-refractivity contribution is 7.92. The van der Waals surface area contributed by atoms with Crippen molar-refractivity contribution in [1.29, 1.82) is 0 Å². The molecule has 4 N–H and O–H groups in total. The van der Waals surface area contributed by atoms with E-state index in [-0.39, 0.29) is 22.7 Å². The van der Waals surface area contributed by atoms with Crippen LogP contribution < -0.4 is 15.2 Å². The predicted octanol–water partition coefficient (Wildman–Crippen LogP) is 2.71. The van der Waals surface area contributed by atoms with Crippen LogP contribution in [0.2, 0.25) is 0 Å². The maximum absolute atomic E-state index is 13.1. The van der Waals surface area contributed by atoms with E-state index in [4.69, 9.17) is 10.5 Å². The molecule has 1 amide bonds. The number of aromatic nitrogens is 1. The summed E-state index contributed by atoms with van der Waals surface area (Å²) in [6.07, 6.45) is -0.204. The third-order valence-electron chi connectivity index (χ3n) is 4.90. The Morgan fingerprint density at radius 3 is 2.47 bits per heavy atom. The van der Waals surface area contributed by atoms with Gasteiger partial charge in [-0.05, 0) is 48.9 Å². The standard InChI is InChI=1S/C22H23N3O6S/c1-3-25-18(10-11-19(25)22(27)28)14-6-4-7-15(12-14)32(29,30)24-17-8-5-9-20(31-2)16(17)13-21(23)26/h4-12,24H,3,13H2,1-2H3,(H2,23,26)(H,27,28). The number of carbonyl (C=O) groups is 2. The molecule has 0 atom stereocenters. The number of carbonyl (C=O) groups excluding carboxylic acids is 1. The number of benzene rings is 2. The number of anilines is 1. The Bertz CT molecular complexity index is 1280. The van der Waals surface area contributed by atoms with Crippen LogP contribution in [-0.2, 0) is 27.8 Å². The zero-order chi connectivity index (χ0) is 23.5. The number of ether oxygens (including phenoxy) is 1. The fraction of sp³-hybridized carbons (Fsp3) is 0.182. The van der Waals surface area contributed by atoms with Gasteiger partial charge in [-0.1, -0.05) is 18.2 Å². The number of nitrogens with two attached hydrogens (primary N) is 1. The van der Waals surface area contributed by atoms with Crippen LogP contribution in [0.5, 0.6) is 5.75 Å². The first kappa shape index (κ1) is 22.9. The summed E-state index contributed by atoms with van der Waals surface area (Å²) in [5.74, 6) is -1.37. The average molecular weight is 458 g/mol. The number of hydrogen-bond acceptors (Lipinski definition) is 5. The van der Waals surface area contributed by atoms with E-state index in [1.165, 1.54) is 31.4 Å². The second-order valence-corrected chi connectivity index (χ2v) is 8.60. The van der Waals surface area contributed by atoms with Crippen molar-refractivity contribution in [3.05, 3.63) is 65.9 Å². The van der Waals surface area contributed by atoms with E-state index in [9.17, 15) is 23.1 Å². The van der Waals surface area contributed by atoms with E-state index in [1.807, 2.05) is 0 Å². The van der Waals surface area contributed by atoms with Gasteiger partial charge in [-0.2, -0.15) is 0 Å². The number of rotatable bonds is 9. The second-order valence-electron chi connectivity index (χ2n) is 6.92. The number of methoxy groups -OCH3 is 1. The van der Waals surface area contributed by atoms with Gasteiger partial charge < -0.3 is 20.1 Å². The summed E-state index contributed by atoms with van der Waals surface area (Å²) in [6.45, 7) is 2.21. The number of nitrogens with one attached hydrogen (secondary N) is 1. The maximum Gasteiger partial charge on any atom is 0.352 e. The van der Waals surface area contributed by atoms with Crippen LogP contribution in [0.25, 0.3) is 11.3 Å². The number of aromatic carboxylic acids is 1. The van der Waals surface area contributed by atoms with Gasteiger partial charge in [0.05, 0.1) is 24.1 Å². The molecule has 0 saturated carbocycles. The quantitative estimate of drug-likeness (QED) is 0.451. The third-order valence-corrected chi connectivity index (χ3v) is 6.27. The highest BCUT2D eigenvalue weighted by Gasteiger charge is 2.21. The summed E-state index contributed by atoms with van der Waals surface area (Å²) in [6, 6.07) is 14.0. The first-order chi connectivity index (χ1) is 15.2. The maximum atomic E-state index is 13.1. The molecule has 0 aliphatic rings. The molecule has 0 spiro atoms. The highest BCUT2D eigenvalue weighted by Crippen LogP contribution is 2.30. The molecule has 0 fully saturated rings. The van der Waals surface area contributed by atoms with Gasteiger partial charge in [-0.25, -0.2) is 13.2 Å². The van der Waals surface area contributed by atoms with E-state index in [2.05, 4.69) is 4.72 Å². The molecular weight excluding hydrogens is 434 g/mol. The molecule has 0 aliphatic heterocycles. The molecule has 2 aromatic carbocycles. The van der Waals surface area contributed by atoms with E-state index in [0.29, 0.717) is 29.1 Å². The third kappa shape index (κ3) is 4.59. The summed E-state index contributed by atoms with van der Waals surface area (Å²) in [5.41, 5.74) is 7.06. The fourth-order valence-corrected chi connectivity index (χ4v) is 4.62. The van der Waals surface area contributed by atoms with Crippen molar-refractivity contribution in [1.82, 2.24) is 4.57 Å². The second kappa shape index (κ2) is 9.15. The molecule has 1 heterocycles. The van der Waals surface area contributed by atoms with Gasteiger partial charge in [0.2, 0.25) is 5.91 Å². The van der Waals surface area contributed by atoms with Crippen LogP contribution in [0, 0.1) is 0 Å². The van der Waals surface area contributed by atoms with Crippen molar-refractivity contribution in [2.45, 2.75) is 24.8 Å². The van der Waals surface area contributed by atoms with Gasteiger partial charge in [0.15, 0.2) is 0 Å². The topological polar surface area (TPSA) is 141 Å². The molecule has 32 heavy (non-hydrogen) atoms. The zero-order valence-corrected chi connectivity index (χ0v) is 18.3. The van der Waals surface area contributed by atoms with Gasteiger partial charge in [-0.15, -0.1) is 0 Å². The van der Waals surface area contributed by atoms with E-state index >= 15 is 0 Å². The summed E-state index contributed by atoms with van der Waals surface area (Å²) in [4.78, 5) is 22.9. The SMILES string of the molecule is CCn1c(C(=O)O)ccc1-c1cccc(S(=O)(=O)Nc2cccc(OC)c2CC(N)=O)c1. The van der Waals surface area contributed by atoms with Gasteiger partial charge in [0.25, 0.3) is 10.0 Å². The van der Waals surface area contributed by atoms with Crippen molar-refractivity contribution in [3.63, 3.8) is 0 Å². The first-order valence-corrected chi connectivity index (χ1v) is 11.2. The lowest BCUT2D eigenvalue weighted by molar-refractivity contribution is -0.117. The molecule has 0 saturated heterocycles. The largest absolute Gasteiger partial charge is 0.496 e. The van der Waals surface area contributed by atoms with Crippen molar-refractivity contribution < 1.29 is 27.9 Å². The minimum atomic E-state index is -4.04. The Balaban J connectivity index is 2.02. The Morgan fingerprint density at radius 1 is 1.12 bits per heavy atom. The van der Waals surface area contributed by atoms with Gasteiger partial charge in [0.1, 0.15) is 11.4 Å². The Hall–Kier alpha value is -3.79. The molecule has 0 unspecified atom stereocenters. The number of nitrogens with zero attached hydrogens (tertiary/aromatic N) is 1. The normalized spacial score (nSPS) is 11.2. The van der Waals surface area contributed by atoms with Crippen molar-refractivity contribution in [3.8, 4) is 17.0 Å². The van der Waals surface area contributed by atoms with Crippen molar-refractivity contribution >= 4 is 27.6 Å². The number of primary amides is 1. The van der Waals surface area contributed by atoms with Crippen molar-refractivity contribution in [2.75, 3.05) is 11.8 Å². The molecule has 168 valence electrons. The zero-order valence-electron chi connectivity index (χ0n) is 17.5. The summed E-state index contributed by atoms with van der Waals surface area (Å²) >= 11 is 0. The van der Waals surface area contributed by atoms with Gasteiger partial charge >= 0.3 is 5.97 Å². The minimum Gasteiger partial charge on any atom is -0.496 e. The smallest absolute Gasteiger partial charge is 0.352 e. The van der Waals surface area contributed by atoms with Crippen molar-refractivity contribution in [2.24, 2.45) is 5.73 Å². The molecule has 1 aromatic heterocycles. The van der Waals surface area contributed by atoms with Crippen LogP contribution in [0.4, 0.5) is 5.69 Å². The van der Waals surface area contributed by atoms with Crippen LogP contribution in [0.1, 0.15) is 23.0 Å². The number of hydrogen-bond donors (Lipinski definition) is 3. The Morgan fingerprint density at radius 2 is 1.84 bits per heavy atom. The Kier molecular flexibility index (Phi) is 6.54. The molecule has 0 aliphatic carbocycles. The van der Waals surface area contributed by atoms with Crippen LogP contribution in [0.3, 0.4) is 0 Å². The lowest BCUT2D eigenvalue weighted by Crippen LogP contribution is -2.18. The molecule has 0 bridgehead atoms. The number of carboxylic acid groups (broad SMARTS) is 1. The van der Waals surface area contributed by atoms with Crippen LogP contribution in [0.15, 0.2) is 59.5 Å². The van der Waals surface area contributed by atoms with Gasteiger partial charge in [-0.3, -0.25) is 9.52 Å².